The minimum atomic E-state index is 0.630. The van der Waals surface area contributed by atoms with Gasteiger partial charge in [-0.3, -0.25) is 0 Å². The summed E-state index contributed by atoms with van der Waals surface area (Å²) < 4.78 is 3.02. The van der Waals surface area contributed by atoms with Gasteiger partial charge < -0.3 is 5.32 Å². The molecule has 1 atom stereocenters. The van der Waals surface area contributed by atoms with Crippen LogP contribution in [0.15, 0.2) is 41.1 Å². The molecule has 1 aromatic carbocycles. The molecule has 3 rings (SSSR count). The van der Waals surface area contributed by atoms with Crippen molar-refractivity contribution in [1.29, 1.82) is 0 Å². The summed E-state index contributed by atoms with van der Waals surface area (Å²) in [7, 11) is 0. The molecule has 0 bridgehead atoms. The summed E-state index contributed by atoms with van der Waals surface area (Å²) in [5.41, 5.74) is 2.39. The van der Waals surface area contributed by atoms with Crippen molar-refractivity contribution in [2.24, 2.45) is 0 Å². The zero-order valence-electron chi connectivity index (χ0n) is 10.1. The molecular formula is C14H16BrN3. The van der Waals surface area contributed by atoms with Gasteiger partial charge in [0, 0.05) is 16.7 Å². The van der Waals surface area contributed by atoms with Gasteiger partial charge in [-0.25, -0.2) is 4.68 Å². The Morgan fingerprint density at radius 2 is 2.39 bits per heavy atom. The van der Waals surface area contributed by atoms with E-state index in [1.54, 1.807) is 0 Å². The first-order valence-corrected chi connectivity index (χ1v) is 7.13. The minimum absolute atomic E-state index is 0.630. The number of hydrogen-bond acceptors (Lipinski definition) is 2. The first-order chi connectivity index (χ1) is 8.81. The molecule has 4 heteroatoms. The second-order valence-electron chi connectivity index (χ2n) is 4.77. The van der Waals surface area contributed by atoms with Crippen molar-refractivity contribution in [2.45, 2.75) is 25.3 Å². The molecule has 1 aromatic heterocycles. The fourth-order valence-electron chi connectivity index (χ4n) is 2.44. The van der Waals surface area contributed by atoms with E-state index in [4.69, 9.17) is 0 Å². The number of rotatable bonds is 3. The van der Waals surface area contributed by atoms with Gasteiger partial charge >= 0.3 is 0 Å². The molecule has 0 spiro atoms. The summed E-state index contributed by atoms with van der Waals surface area (Å²) in [4.78, 5) is 0. The zero-order chi connectivity index (χ0) is 12.4. The van der Waals surface area contributed by atoms with Crippen molar-refractivity contribution < 1.29 is 0 Å². The quantitative estimate of drug-likeness (QED) is 0.945. The fraction of sp³-hybridized carbons (Fsp3) is 0.357. The molecule has 1 aliphatic rings. The van der Waals surface area contributed by atoms with E-state index in [9.17, 15) is 0 Å². The van der Waals surface area contributed by atoms with Gasteiger partial charge in [0.15, 0.2) is 0 Å². The zero-order valence-corrected chi connectivity index (χ0v) is 11.7. The maximum absolute atomic E-state index is 4.44. The van der Waals surface area contributed by atoms with Crippen LogP contribution in [0.4, 0.5) is 0 Å². The van der Waals surface area contributed by atoms with Crippen LogP contribution in [0.1, 0.15) is 18.4 Å². The van der Waals surface area contributed by atoms with Gasteiger partial charge in [-0.1, -0.05) is 22.0 Å². The SMILES string of the molecule is Brc1cccc(-n2cc(CC3CCCN3)cn2)c1. The van der Waals surface area contributed by atoms with Crippen molar-refractivity contribution >= 4 is 15.9 Å². The first kappa shape index (κ1) is 11.9. The maximum atomic E-state index is 4.44. The Labute approximate surface area is 115 Å². The van der Waals surface area contributed by atoms with Gasteiger partial charge in [0.05, 0.1) is 11.9 Å². The third kappa shape index (κ3) is 2.65. The van der Waals surface area contributed by atoms with Crippen LogP contribution in [0, 0.1) is 0 Å². The van der Waals surface area contributed by atoms with Gasteiger partial charge in [-0.2, -0.15) is 5.10 Å². The maximum Gasteiger partial charge on any atom is 0.0656 e. The predicted octanol–water partition coefficient (Wildman–Crippen LogP) is 2.93. The predicted molar refractivity (Wildman–Crippen MR) is 76.0 cm³/mol. The Kier molecular flexibility index (Phi) is 3.48. The van der Waals surface area contributed by atoms with E-state index in [0.717, 1.165) is 23.1 Å². The van der Waals surface area contributed by atoms with Crippen LogP contribution in [0.25, 0.3) is 5.69 Å². The lowest BCUT2D eigenvalue weighted by Gasteiger charge is -2.07. The lowest BCUT2D eigenvalue weighted by Crippen LogP contribution is -2.23. The lowest BCUT2D eigenvalue weighted by atomic mass is 10.1. The average Bonchev–Trinajstić information content (AvgIpc) is 3.01. The van der Waals surface area contributed by atoms with Gasteiger partial charge in [-0.15, -0.1) is 0 Å². The summed E-state index contributed by atoms with van der Waals surface area (Å²) in [5.74, 6) is 0. The van der Waals surface area contributed by atoms with E-state index < -0.39 is 0 Å². The molecule has 2 heterocycles. The van der Waals surface area contributed by atoms with Crippen molar-refractivity contribution in [3.8, 4) is 5.69 Å². The molecule has 0 saturated carbocycles. The van der Waals surface area contributed by atoms with Gasteiger partial charge in [0.1, 0.15) is 0 Å². The highest BCUT2D eigenvalue weighted by Crippen LogP contribution is 2.17. The van der Waals surface area contributed by atoms with Gasteiger partial charge in [0.25, 0.3) is 0 Å². The normalized spacial score (nSPS) is 19.3. The lowest BCUT2D eigenvalue weighted by molar-refractivity contribution is 0.603. The molecule has 1 N–H and O–H groups in total. The topological polar surface area (TPSA) is 29.9 Å². The Morgan fingerprint density at radius 3 is 3.17 bits per heavy atom. The van der Waals surface area contributed by atoms with Crippen molar-refractivity contribution in [2.75, 3.05) is 6.54 Å². The fourth-order valence-corrected chi connectivity index (χ4v) is 2.83. The molecule has 94 valence electrons. The molecule has 2 aromatic rings. The minimum Gasteiger partial charge on any atom is -0.314 e. The highest BCUT2D eigenvalue weighted by molar-refractivity contribution is 9.10. The Hall–Kier alpha value is -1.13. The largest absolute Gasteiger partial charge is 0.314 e. The molecule has 0 amide bonds. The van der Waals surface area contributed by atoms with E-state index >= 15 is 0 Å². The number of aromatic nitrogens is 2. The molecule has 0 aliphatic carbocycles. The van der Waals surface area contributed by atoms with Gasteiger partial charge in [-0.05, 0) is 49.6 Å². The standard InChI is InChI=1S/C14H16BrN3/c15-12-3-1-5-14(8-12)18-10-11(9-17-18)7-13-4-2-6-16-13/h1,3,5,8-10,13,16H,2,4,6-7H2. The van der Waals surface area contributed by atoms with Gasteiger partial charge in [0.2, 0.25) is 0 Å². The smallest absolute Gasteiger partial charge is 0.0656 e. The summed E-state index contributed by atoms with van der Waals surface area (Å²) in [6.07, 6.45) is 7.75. The molecule has 3 nitrogen and oxygen atoms in total. The molecule has 1 fully saturated rings. The van der Waals surface area contributed by atoms with E-state index in [-0.39, 0.29) is 0 Å². The summed E-state index contributed by atoms with van der Waals surface area (Å²) in [6, 6.07) is 8.82. The number of nitrogens with one attached hydrogen (secondary N) is 1. The molecular weight excluding hydrogens is 290 g/mol. The summed E-state index contributed by atoms with van der Waals surface area (Å²) in [5, 5.41) is 7.96. The Bertz CT molecular complexity index is 529. The van der Waals surface area contributed by atoms with Crippen molar-refractivity contribution in [3.05, 3.63) is 46.7 Å². The molecule has 18 heavy (non-hydrogen) atoms. The van der Waals surface area contributed by atoms with Crippen LogP contribution < -0.4 is 5.32 Å². The van der Waals surface area contributed by atoms with Crippen LogP contribution in [0.5, 0.6) is 0 Å². The third-order valence-electron chi connectivity index (χ3n) is 3.35. The monoisotopic (exact) mass is 305 g/mol. The molecule has 0 radical (unpaired) electrons. The van der Waals surface area contributed by atoms with Crippen molar-refractivity contribution in [3.63, 3.8) is 0 Å². The third-order valence-corrected chi connectivity index (χ3v) is 3.85. The van der Waals surface area contributed by atoms with E-state index in [2.05, 4.69) is 44.7 Å². The number of nitrogens with zero attached hydrogens (tertiary/aromatic N) is 2. The Morgan fingerprint density at radius 1 is 1.44 bits per heavy atom. The number of benzene rings is 1. The first-order valence-electron chi connectivity index (χ1n) is 6.34. The van der Waals surface area contributed by atoms with Crippen LogP contribution in [-0.4, -0.2) is 22.4 Å². The second-order valence-corrected chi connectivity index (χ2v) is 5.69. The Balaban J connectivity index is 1.76. The van der Waals surface area contributed by atoms with Crippen LogP contribution in [-0.2, 0) is 6.42 Å². The van der Waals surface area contributed by atoms with Crippen LogP contribution >= 0.6 is 15.9 Å². The molecule has 1 unspecified atom stereocenters. The highest BCUT2D eigenvalue weighted by atomic mass is 79.9. The molecule has 1 aliphatic heterocycles. The van der Waals surface area contributed by atoms with Crippen LogP contribution in [0.3, 0.4) is 0 Å². The van der Waals surface area contributed by atoms with Crippen molar-refractivity contribution in [1.82, 2.24) is 15.1 Å². The second kappa shape index (κ2) is 5.24. The van der Waals surface area contributed by atoms with E-state index in [0.29, 0.717) is 6.04 Å². The number of hydrogen-bond donors (Lipinski definition) is 1. The average molecular weight is 306 g/mol. The van der Waals surface area contributed by atoms with E-state index in [1.807, 2.05) is 23.0 Å². The summed E-state index contributed by atoms with van der Waals surface area (Å²) >= 11 is 3.49. The van der Waals surface area contributed by atoms with Crippen LogP contribution in [0.2, 0.25) is 0 Å². The number of halogens is 1. The molecule has 1 saturated heterocycles. The van der Waals surface area contributed by atoms with E-state index in [1.165, 1.54) is 18.4 Å². The highest BCUT2D eigenvalue weighted by Gasteiger charge is 2.15. The summed E-state index contributed by atoms with van der Waals surface area (Å²) in [6.45, 7) is 1.16.